The van der Waals surface area contributed by atoms with Gasteiger partial charge >= 0.3 is 13.7 Å². The number of halogens is 4. The number of fused-ring (bicyclic) bond motifs is 1. The number of carbonyl (C=O) groups excluding carboxylic acids is 1. The van der Waals surface area contributed by atoms with Crippen molar-refractivity contribution >= 4 is 35.0 Å². The Morgan fingerprint density at radius 1 is 1.17 bits per heavy atom. The molecule has 1 aliphatic carbocycles. The topological polar surface area (TPSA) is 46.6 Å². The molecule has 0 bridgehead atoms. The van der Waals surface area contributed by atoms with Gasteiger partial charge in [-0.15, -0.1) is 0 Å². The molecule has 0 N–H and O–H groups in total. The molecule has 0 aromatic heterocycles. The number of nitrogens with zero attached hydrogens (tertiary/aromatic N) is 1. The molecule has 0 radical (unpaired) electrons. The zero-order chi connectivity index (χ0) is 21.7. The second-order valence-electron chi connectivity index (χ2n) is 7.14. The Kier molecular flexibility index (Phi) is 5.19. The molecule has 0 spiro atoms. The molecule has 0 fully saturated rings. The Labute approximate surface area is 179 Å². The molecule has 2 aromatic rings. The van der Waals surface area contributed by atoms with Crippen molar-refractivity contribution in [3.8, 4) is 5.75 Å². The van der Waals surface area contributed by atoms with Gasteiger partial charge in [0.25, 0.3) is 5.91 Å². The van der Waals surface area contributed by atoms with Crippen molar-refractivity contribution < 1.29 is 27.1 Å². The first kappa shape index (κ1) is 20.9. The standard InChI is InChI=1S/C21H16BrF3NO3P/c1-13-3-2-4-17(11-13)30(28)26(16-8-5-14(6-9-16)21(23,24)25)20(27)18-12-15(22)7-10-19(18)29-30/h2-10,12-13H,11H2,1H3. The molecule has 1 amide bonds. The van der Waals surface area contributed by atoms with Gasteiger partial charge in [-0.3, -0.25) is 4.79 Å². The SMILES string of the molecule is CC1C=CC=C(P2(=O)Oc3ccc(Br)cc3C(=O)N2c2ccc(C(F)(F)F)cc2)C1. The van der Waals surface area contributed by atoms with Crippen molar-refractivity contribution in [2.24, 2.45) is 5.92 Å². The van der Waals surface area contributed by atoms with Crippen LogP contribution in [0.2, 0.25) is 0 Å². The number of carbonyl (C=O) groups is 1. The van der Waals surface area contributed by atoms with Gasteiger partial charge in [-0.25, -0.2) is 9.24 Å². The maximum absolute atomic E-state index is 14.2. The molecule has 0 saturated carbocycles. The first-order valence-electron chi connectivity index (χ1n) is 9.09. The van der Waals surface area contributed by atoms with Crippen molar-refractivity contribution in [1.29, 1.82) is 0 Å². The van der Waals surface area contributed by atoms with Crippen LogP contribution in [0.4, 0.5) is 18.9 Å². The Balaban J connectivity index is 1.87. The Bertz CT molecular complexity index is 1130. The summed E-state index contributed by atoms with van der Waals surface area (Å²) in [6.07, 6.45) is 1.22. The van der Waals surface area contributed by atoms with E-state index in [1.54, 1.807) is 24.3 Å². The molecule has 4 rings (SSSR count). The van der Waals surface area contributed by atoms with Gasteiger partial charge in [-0.05, 0) is 54.8 Å². The molecule has 2 unspecified atom stereocenters. The van der Waals surface area contributed by atoms with Gasteiger partial charge in [-0.1, -0.05) is 41.1 Å². The third-order valence-electron chi connectivity index (χ3n) is 4.91. The second-order valence-corrected chi connectivity index (χ2v) is 10.3. The lowest BCUT2D eigenvalue weighted by Crippen LogP contribution is -2.35. The summed E-state index contributed by atoms with van der Waals surface area (Å²) < 4.78 is 60.6. The fraction of sp³-hybridized carbons (Fsp3) is 0.190. The van der Waals surface area contributed by atoms with Crippen LogP contribution >= 0.6 is 23.4 Å². The van der Waals surface area contributed by atoms with Gasteiger partial charge in [0.05, 0.1) is 16.8 Å². The molecular weight excluding hydrogens is 482 g/mol. The summed E-state index contributed by atoms with van der Waals surface area (Å²) in [7, 11) is -3.92. The predicted molar refractivity (Wildman–Crippen MR) is 112 cm³/mol. The summed E-state index contributed by atoms with van der Waals surface area (Å²) in [4.78, 5) is 13.4. The van der Waals surface area contributed by atoms with Crippen molar-refractivity contribution in [2.75, 3.05) is 4.67 Å². The summed E-state index contributed by atoms with van der Waals surface area (Å²) in [6, 6.07) is 8.77. The molecule has 9 heteroatoms. The molecule has 30 heavy (non-hydrogen) atoms. The number of hydrogen-bond acceptors (Lipinski definition) is 3. The Hall–Kier alpha value is -2.31. The van der Waals surface area contributed by atoms with Crippen LogP contribution in [0.5, 0.6) is 5.75 Å². The maximum Gasteiger partial charge on any atom is 0.416 e. The number of alkyl halides is 3. The fourth-order valence-electron chi connectivity index (χ4n) is 3.44. The van der Waals surface area contributed by atoms with Crippen LogP contribution in [-0.4, -0.2) is 5.91 Å². The lowest BCUT2D eigenvalue weighted by Gasteiger charge is -2.38. The highest BCUT2D eigenvalue weighted by Crippen LogP contribution is 2.64. The van der Waals surface area contributed by atoms with E-state index in [0.29, 0.717) is 16.2 Å². The summed E-state index contributed by atoms with van der Waals surface area (Å²) in [5.74, 6) is -0.336. The minimum absolute atomic E-state index is 0.0741. The fourth-order valence-corrected chi connectivity index (χ4v) is 6.26. The van der Waals surface area contributed by atoms with Gasteiger partial charge in [0.15, 0.2) is 0 Å². The van der Waals surface area contributed by atoms with Crippen LogP contribution in [0.25, 0.3) is 0 Å². The lowest BCUT2D eigenvalue weighted by molar-refractivity contribution is -0.137. The zero-order valence-corrected chi connectivity index (χ0v) is 18.2. The van der Waals surface area contributed by atoms with E-state index in [1.807, 2.05) is 13.0 Å². The third kappa shape index (κ3) is 3.63. The van der Waals surface area contributed by atoms with Crippen molar-refractivity contribution in [3.05, 3.63) is 81.6 Å². The summed E-state index contributed by atoms with van der Waals surface area (Å²) in [6.45, 7) is 1.94. The monoisotopic (exact) mass is 497 g/mol. The number of anilines is 1. The Morgan fingerprint density at radius 3 is 2.50 bits per heavy atom. The predicted octanol–water partition coefficient (Wildman–Crippen LogP) is 7.18. The lowest BCUT2D eigenvalue weighted by atomic mass is 10.0. The highest BCUT2D eigenvalue weighted by Gasteiger charge is 2.47. The van der Waals surface area contributed by atoms with Crippen LogP contribution in [0.1, 0.15) is 29.3 Å². The minimum atomic E-state index is -4.52. The molecule has 0 saturated heterocycles. The van der Waals surface area contributed by atoms with E-state index in [1.165, 1.54) is 6.07 Å². The zero-order valence-electron chi connectivity index (χ0n) is 15.7. The normalized spacial score (nSPS) is 23.6. The van der Waals surface area contributed by atoms with E-state index in [2.05, 4.69) is 15.9 Å². The quantitative estimate of drug-likeness (QED) is 0.412. The van der Waals surface area contributed by atoms with Crippen LogP contribution in [-0.2, 0) is 10.7 Å². The van der Waals surface area contributed by atoms with Crippen molar-refractivity contribution in [3.63, 3.8) is 0 Å². The van der Waals surface area contributed by atoms with Crippen molar-refractivity contribution in [2.45, 2.75) is 19.5 Å². The van der Waals surface area contributed by atoms with E-state index in [4.69, 9.17) is 4.52 Å². The van der Waals surface area contributed by atoms with Gasteiger partial charge in [-0.2, -0.15) is 13.2 Å². The van der Waals surface area contributed by atoms with E-state index >= 15 is 0 Å². The number of benzene rings is 2. The molecule has 1 aliphatic heterocycles. The van der Waals surface area contributed by atoms with Crippen molar-refractivity contribution in [1.82, 2.24) is 0 Å². The number of rotatable bonds is 2. The van der Waals surface area contributed by atoms with E-state index in [-0.39, 0.29) is 22.9 Å². The molecule has 2 aromatic carbocycles. The number of amides is 1. The smallest absolute Gasteiger partial charge is 0.416 e. The molecule has 1 heterocycles. The highest BCUT2D eigenvalue weighted by atomic mass is 79.9. The van der Waals surface area contributed by atoms with Gasteiger partial charge in [0.1, 0.15) is 5.75 Å². The molecule has 4 nitrogen and oxygen atoms in total. The molecular formula is C21H16BrF3NO3P. The first-order valence-corrected chi connectivity index (χ1v) is 11.5. The van der Waals surface area contributed by atoms with Crippen LogP contribution in [0.15, 0.2) is 70.5 Å². The second kappa shape index (κ2) is 7.43. The Morgan fingerprint density at radius 2 is 1.87 bits per heavy atom. The van der Waals surface area contributed by atoms with E-state index < -0.39 is 25.2 Å². The largest absolute Gasteiger partial charge is 0.425 e. The maximum atomic E-state index is 14.2. The van der Waals surface area contributed by atoms with Gasteiger partial charge in [0, 0.05) is 9.79 Å². The molecule has 2 atom stereocenters. The molecule has 156 valence electrons. The summed E-state index contributed by atoms with van der Waals surface area (Å²) >= 11 is 3.30. The first-order chi connectivity index (χ1) is 14.1. The molecule has 2 aliphatic rings. The number of hydrogen-bond donors (Lipinski definition) is 0. The van der Waals surface area contributed by atoms with E-state index in [0.717, 1.165) is 28.9 Å². The van der Waals surface area contributed by atoms with Crippen LogP contribution in [0.3, 0.4) is 0 Å². The van der Waals surface area contributed by atoms with Gasteiger partial charge < -0.3 is 4.52 Å². The van der Waals surface area contributed by atoms with E-state index in [9.17, 15) is 22.5 Å². The third-order valence-corrected chi connectivity index (χ3v) is 7.85. The summed E-state index contributed by atoms with van der Waals surface area (Å²) in [5.41, 5.74) is -0.608. The number of allylic oxidation sites excluding steroid dienone is 4. The minimum Gasteiger partial charge on any atom is -0.425 e. The average Bonchev–Trinajstić information content (AvgIpc) is 2.68. The van der Waals surface area contributed by atoms with Gasteiger partial charge in [0.2, 0.25) is 0 Å². The summed E-state index contributed by atoms with van der Waals surface area (Å²) in [5, 5.41) is 0.430. The van der Waals surface area contributed by atoms with Crippen LogP contribution < -0.4 is 9.19 Å². The van der Waals surface area contributed by atoms with Crippen LogP contribution in [0, 0.1) is 5.92 Å². The highest BCUT2D eigenvalue weighted by molar-refractivity contribution is 9.10. The average molecular weight is 498 g/mol.